The Morgan fingerprint density at radius 1 is 1.42 bits per heavy atom. The van der Waals surface area contributed by atoms with Gasteiger partial charge in [0, 0.05) is 6.54 Å². The van der Waals surface area contributed by atoms with Crippen LogP contribution in [0.1, 0.15) is 13.8 Å². The lowest BCUT2D eigenvalue weighted by Crippen LogP contribution is -2.37. The van der Waals surface area contributed by atoms with Gasteiger partial charge in [0.1, 0.15) is 5.69 Å². The van der Waals surface area contributed by atoms with Crippen LogP contribution < -0.4 is 11.1 Å². The number of rotatable bonds is 5. The average molecular weight is 273 g/mol. The summed E-state index contributed by atoms with van der Waals surface area (Å²) in [7, 11) is 0. The third-order valence-electron chi connectivity index (χ3n) is 2.61. The summed E-state index contributed by atoms with van der Waals surface area (Å²) in [4.78, 5) is 20.6. The van der Waals surface area contributed by atoms with E-state index in [9.17, 15) is 23.7 Å². The molecule has 0 aliphatic rings. The molecule has 1 rings (SSSR count). The normalized spacial score (nSPS) is 11.2. The molecular weight excluding hydrogens is 260 g/mol. The van der Waals surface area contributed by atoms with Crippen LogP contribution in [-0.4, -0.2) is 17.4 Å². The van der Waals surface area contributed by atoms with Gasteiger partial charge in [0.2, 0.25) is 5.91 Å². The first-order chi connectivity index (χ1) is 8.65. The van der Waals surface area contributed by atoms with E-state index in [1.54, 1.807) is 0 Å². The number of nitrogens with one attached hydrogen (secondary N) is 1. The molecule has 0 aliphatic heterocycles. The molecule has 0 spiro atoms. The number of benzene rings is 1. The Hall–Kier alpha value is -2.25. The number of nitrogens with zero attached hydrogens (tertiary/aromatic N) is 1. The van der Waals surface area contributed by atoms with Gasteiger partial charge in [-0.05, 0) is 13.8 Å². The number of nitrogens with two attached hydrogens (primary N) is 1. The first kappa shape index (κ1) is 14.8. The third kappa shape index (κ3) is 3.36. The number of non-ortho nitro benzene ring substituents is 1. The van der Waals surface area contributed by atoms with Gasteiger partial charge < -0.3 is 11.1 Å². The Balaban J connectivity index is 2.97. The zero-order valence-corrected chi connectivity index (χ0v) is 10.4. The van der Waals surface area contributed by atoms with Crippen molar-refractivity contribution in [1.82, 2.24) is 0 Å². The molecular formula is C11H13F2N3O3. The van der Waals surface area contributed by atoms with Gasteiger partial charge >= 0.3 is 0 Å². The number of carbonyl (C=O) groups excluding carboxylic acids is 1. The second-order valence-corrected chi connectivity index (χ2v) is 4.64. The maximum absolute atomic E-state index is 13.5. The maximum Gasteiger partial charge on any atom is 0.275 e. The summed E-state index contributed by atoms with van der Waals surface area (Å²) in [6.07, 6.45) is 0. The van der Waals surface area contributed by atoms with Crippen LogP contribution in [0.5, 0.6) is 0 Å². The third-order valence-corrected chi connectivity index (χ3v) is 2.61. The number of primary amides is 1. The molecule has 0 unspecified atom stereocenters. The first-order valence-corrected chi connectivity index (χ1v) is 5.32. The molecule has 0 saturated heterocycles. The highest BCUT2D eigenvalue weighted by Crippen LogP contribution is 2.26. The highest BCUT2D eigenvalue weighted by molar-refractivity contribution is 5.80. The van der Waals surface area contributed by atoms with E-state index < -0.39 is 39.3 Å². The van der Waals surface area contributed by atoms with E-state index >= 15 is 0 Å². The topological polar surface area (TPSA) is 98.3 Å². The first-order valence-electron chi connectivity index (χ1n) is 5.32. The van der Waals surface area contributed by atoms with Crippen molar-refractivity contribution < 1.29 is 18.5 Å². The zero-order valence-electron chi connectivity index (χ0n) is 10.4. The number of nitro benzene ring substituents is 1. The van der Waals surface area contributed by atoms with Crippen molar-refractivity contribution in [3.8, 4) is 0 Å². The van der Waals surface area contributed by atoms with Crippen LogP contribution in [0.15, 0.2) is 12.1 Å². The number of anilines is 1. The van der Waals surface area contributed by atoms with Crippen LogP contribution >= 0.6 is 0 Å². The van der Waals surface area contributed by atoms with Crippen molar-refractivity contribution in [3.05, 3.63) is 33.9 Å². The Morgan fingerprint density at radius 2 is 1.89 bits per heavy atom. The lowest BCUT2D eigenvalue weighted by molar-refractivity contribution is -0.385. The molecule has 6 nitrogen and oxygen atoms in total. The molecule has 0 radical (unpaired) electrons. The molecule has 0 heterocycles. The predicted molar refractivity (Wildman–Crippen MR) is 64.5 cm³/mol. The van der Waals surface area contributed by atoms with Crippen LogP contribution in [0.25, 0.3) is 0 Å². The molecule has 1 aromatic carbocycles. The largest absolute Gasteiger partial charge is 0.379 e. The summed E-state index contributed by atoms with van der Waals surface area (Å²) in [5.74, 6) is -2.85. The Kier molecular flexibility index (Phi) is 4.03. The van der Waals surface area contributed by atoms with Gasteiger partial charge in [-0.3, -0.25) is 14.9 Å². The monoisotopic (exact) mass is 273 g/mol. The van der Waals surface area contributed by atoms with Crippen LogP contribution in [0.4, 0.5) is 20.2 Å². The SMILES string of the molecule is CC(C)(CNc1c(F)cc([N+](=O)[O-])cc1F)C(N)=O. The van der Waals surface area contributed by atoms with Gasteiger partial charge in [-0.15, -0.1) is 0 Å². The van der Waals surface area contributed by atoms with E-state index in [2.05, 4.69) is 5.32 Å². The van der Waals surface area contributed by atoms with Gasteiger partial charge in [0.05, 0.1) is 22.5 Å². The average Bonchev–Trinajstić information content (AvgIpc) is 2.27. The molecule has 0 saturated carbocycles. The number of nitro groups is 1. The van der Waals surface area contributed by atoms with Gasteiger partial charge in [0.25, 0.3) is 5.69 Å². The Labute approximate surface area is 107 Å². The quantitative estimate of drug-likeness (QED) is 0.631. The maximum atomic E-state index is 13.5. The molecule has 1 amide bonds. The summed E-state index contributed by atoms with van der Waals surface area (Å²) in [5.41, 5.74) is 2.89. The summed E-state index contributed by atoms with van der Waals surface area (Å²) in [5, 5.41) is 12.8. The van der Waals surface area contributed by atoms with Crippen LogP contribution in [0.3, 0.4) is 0 Å². The van der Waals surface area contributed by atoms with E-state index in [4.69, 9.17) is 5.73 Å². The van der Waals surface area contributed by atoms with Crippen molar-refractivity contribution in [3.63, 3.8) is 0 Å². The lowest BCUT2D eigenvalue weighted by atomic mass is 9.92. The molecule has 0 aliphatic carbocycles. The molecule has 19 heavy (non-hydrogen) atoms. The zero-order chi connectivity index (χ0) is 14.8. The highest BCUT2D eigenvalue weighted by atomic mass is 19.1. The van der Waals surface area contributed by atoms with E-state index in [1.165, 1.54) is 13.8 Å². The second-order valence-electron chi connectivity index (χ2n) is 4.64. The summed E-state index contributed by atoms with van der Waals surface area (Å²) < 4.78 is 27.0. The molecule has 1 aromatic rings. The van der Waals surface area contributed by atoms with Crippen molar-refractivity contribution in [2.24, 2.45) is 11.1 Å². The van der Waals surface area contributed by atoms with E-state index in [0.29, 0.717) is 12.1 Å². The van der Waals surface area contributed by atoms with Gasteiger partial charge in [-0.25, -0.2) is 8.78 Å². The summed E-state index contributed by atoms with van der Waals surface area (Å²) in [6.45, 7) is 2.90. The van der Waals surface area contributed by atoms with Crippen molar-refractivity contribution >= 4 is 17.3 Å². The number of carbonyl (C=O) groups is 1. The summed E-state index contributed by atoms with van der Waals surface area (Å²) in [6, 6.07) is 1.20. The number of hydrogen-bond donors (Lipinski definition) is 2. The second kappa shape index (κ2) is 5.17. The minimum Gasteiger partial charge on any atom is -0.379 e. The highest BCUT2D eigenvalue weighted by Gasteiger charge is 2.26. The molecule has 0 bridgehead atoms. The fraction of sp³-hybridized carbons (Fsp3) is 0.364. The van der Waals surface area contributed by atoms with Crippen molar-refractivity contribution in [2.75, 3.05) is 11.9 Å². The van der Waals surface area contributed by atoms with Crippen LogP contribution in [-0.2, 0) is 4.79 Å². The molecule has 0 atom stereocenters. The molecule has 0 aromatic heterocycles. The Bertz CT molecular complexity index is 509. The molecule has 8 heteroatoms. The summed E-state index contributed by atoms with van der Waals surface area (Å²) >= 11 is 0. The fourth-order valence-electron chi connectivity index (χ4n) is 1.23. The number of hydrogen-bond acceptors (Lipinski definition) is 4. The molecule has 3 N–H and O–H groups in total. The van der Waals surface area contributed by atoms with E-state index in [0.717, 1.165) is 0 Å². The Morgan fingerprint density at radius 3 is 2.26 bits per heavy atom. The predicted octanol–water partition coefficient (Wildman–Crippen LogP) is 1.80. The fourth-order valence-corrected chi connectivity index (χ4v) is 1.23. The number of halogens is 2. The minimum absolute atomic E-state index is 0.103. The van der Waals surface area contributed by atoms with Crippen LogP contribution in [0, 0.1) is 27.2 Å². The smallest absolute Gasteiger partial charge is 0.275 e. The van der Waals surface area contributed by atoms with Gasteiger partial charge in [0.15, 0.2) is 11.6 Å². The molecule has 0 fully saturated rings. The van der Waals surface area contributed by atoms with E-state index in [1.807, 2.05) is 0 Å². The lowest BCUT2D eigenvalue weighted by Gasteiger charge is -2.21. The number of amides is 1. The molecule has 104 valence electrons. The van der Waals surface area contributed by atoms with Crippen molar-refractivity contribution in [2.45, 2.75) is 13.8 Å². The standard InChI is InChI=1S/C11H13F2N3O3/c1-11(2,10(14)17)5-15-9-7(12)3-6(16(18)19)4-8(9)13/h3-4,15H,5H2,1-2H3,(H2,14,17). The van der Waals surface area contributed by atoms with Crippen LogP contribution in [0.2, 0.25) is 0 Å². The van der Waals surface area contributed by atoms with Gasteiger partial charge in [-0.2, -0.15) is 0 Å². The van der Waals surface area contributed by atoms with E-state index in [-0.39, 0.29) is 6.54 Å². The minimum atomic E-state index is -1.10. The van der Waals surface area contributed by atoms with Crippen molar-refractivity contribution in [1.29, 1.82) is 0 Å². The van der Waals surface area contributed by atoms with Gasteiger partial charge in [-0.1, -0.05) is 0 Å².